The first-order valence-electron chi connectivity index (χ1n) is 12.7. The van der Waals surface area contributed by atoms with Crippen LogP contribution in [0.2, 0.25) is 0 Å². The van der Waals surface area contributed by atoms with Gasteiger partial charge in [-0.15, -0.1) is 0 Å². The molecule has 3 aromatic carbocycles. The molecular weight excluding hydrogens is 539 g/mol. The molecule has 2 atom stereocenters. The second-order valence-corrected chi connectivity index (χ2v) is 9.42. The predicted molar refractivity (Wildman–Crippen MR) is 145 cm³/mol. The maximum Gasteiger partial charge on any atom is 0.416 e. The fourth-order valence-electron chi connectivity index (χ4n) is 4.13. The van der Waals surface area contributed by atoms with Gasteiger partial charge in [-0.2, -0.15) is 13.2 Å². The summed E-state index contributed by atoms with van der Waals surface area (Å²) in [5.41, 5.74) is 2.73. The third-order valence-electron chi connectivity index (χ3n) is 6.43. The van der Waals surface area contributed by atoms with Crippen LogP contribution in [0.4, 0.5) is 23.7 Å². The Balaban J connectivity index is 1.37. The highest BCUT2D eigenvalue weighted by Gasteiger charge is 2.30. The number of halogens is 3. The molecule has 0 spiro atoms. The normalized spacial score (nSPS) is 12.9. The topological polar surface area (TPSA) is 114 Å². The number of benzene rings is 3. The second-order valence-electron chi connectivity index (χ2n) is 9.42. The molecule has 11 heteroatoms. The first-order valence-corrected chi connectivity index (χ1v) is 12.7. The molecule has 4 rings (SSSR count). The van der Waals surface area contributed by atoms with Crippen LogP contribution in [0.5, 0.6) is 0 Å². The number of rotatable bonds is 10. The van der Waals surface area contributed by atoms with E-state index in [0.717, 1.165) is 23.3 Å². The molecule has 8 nitrogen and oxygen atoms in total. The molecule has 1 unspecified atom stereocenters. The SMILES string of the molecule is Cc1noc(-c2ccc(CN[C@H](Cc3ccc(C(F)(F)F)cc3)C(=O)O)cc2)c1NC(=O)OC(C)c1ccccc1. The lowest BCUT2D eigenvalue weighted by Gasteiger charge is -2.16. The van der Waals surface area contributed by atoms with E-state index in [0.29, 0.717) is 28.3 Å². The molecule has 0 saturated heterocycles. The van der Waals surface area contributed by atoms with Gasteiger partial charge in [0.15, 0.2) is 5.76 Å². The summed E-state index contributed by atoms with van der Waals surface area (Å²) in [6.07, 6.45) is -5.58. The number of carboxylic acids is 1. The van der Waals surface area contributed by atoms with Crippen molar-refractivity contribution in [2.24, 2.45) is 0 Å². The van der Waals surface area contributed by atoms with Gasteiger partial charge in [0.2, 0.25) is 0 Å². The first kappa shape index (κ1) is 29.3. The summed E-state index contributed by atoms with van der Waals surface area (Å²) in [6.45, 7) is 3.65. The Morgan fingerprint density at radius 1 is 0.976 bits per heavy atom. The molecule has 0 bridgehead atoms. The third-order valence-corrected chi connectivity index (χ3v) is 6.43. The number of ether oxygens (including phenoxy) is 1. The van der Waals surface area contributed by atoms with Crippen LogP contribution in [0, 0.1) is 6.92 Å². The number of aryl methyl sites for hydroxylation is 1. The number of aliphatic carboxylic acids is 1. The number of amides is 1. The minimum absolute atomic E-state index is 0.0108. The van der Waals surface area contributed by atoms with E-state index in [4.69, 9.17) is 9.26 Å². The molecule has 1 amide bonds. The van der Waals surface area contributed by atoms with Crippen molar-refractivity contribution in [3.8, 4) is 11.3 Å². The number of anilines is 1. The zero-order valence-electron chi connectivity index (χ0n) is 22.2. The standard InChI is InChI=1S/C30H28F3N3O5/c1-18-26(35-29(39)40-19(2)22-6-4-3-5-7-22)27(41-36-18)23-12-8-21(9-13-23)17-34-25(28(37)38)16-20-10-14-24(15-11-20)30(31,32)33/h3-15,19,25,34H,16-17H2,1-2H3,(H,35,39)(H,37,38)/t19?,25-/m1/s1. The number of nitrogens with one attached hydrogen (secondary N) is 2. The Morgan fingerprint density at radius 3 is 2.22 bits per heavy atom. The molecule has 0 saturated carbocycles. The summed E-state index contributed by atoms with van der Waals surface area (Å²) in [6, 6.07) is 19.7. The zero-order valence-corrected chi connectivity index (χ0v) is 22.2. The smallest absolute Gasteiger partial charge is 0.416 e. The molecule has 0 fully saturated rings. The van der Waals surface area contributed by atoms with E-state index in [9.17, 15) is 27.9 Å². The van der Waals surface area contributed by atoms with E-state index in [1.807, 2.05) is 30.3 Å². The van der Waals surface area contributed by atoms with Crippen molar-refractivity contribution in [1.29, 1.82) is 0 Å². The summed E-state index contributed by atoms with van der Waals surface area (Å²) in [5.74, 6) is -0.792. The van der Waals surface area contributed by atoms with Gasteiger partial charge in [0.05, 0.1) is 5.56 Å². The molecule has 1 aromatic heterocycles. The van der Waals surface area contributed by atoms with Crippen molar-refractivity contribution in [2.75, 3.05) is 5.32 Å². The Hall–Kier alpha value is -4.64. The van der Waals surface area contributed by atoms with E-state index >= 15 is 0 Å². The van der Waals surface area contributed by atoms with Crippen LogP contribution in [-0.2, 0) is 28.7 Å². The van der Waals surface area contributed by atoms with Gasteiger partial charge in [-0.1, -0.05) is 71.9 Å². The van der Waals surface area contributed by atoms with E-state index in [-0.39, 0.29) is 13.0 Å². The highest BCUT2D eigenvalue weighted by Crippen LogP contribution is 2.32. The first-order chi connectivity index (χ1) is 19.5. The summed E-state index contributed by atoms with van der Waals surface area (Å²) in [7, 11) is 0. The Bertz CT molecular complexity index is 1470. The number of carboxylic acid groups (broad SMARTS) is 1. The summed E-state index contributed by atoms with van der Waals surface area (Å²) >= 11 is 0. The quantitative estimate of drug-likeness (QED) is 0.194. The van der Waals surface area contributed by atoms with Gasteiger partial charge >= 0.3 is 18.2 Å². The molecule has 214 valence electrons. The number of carbonyl (C=O) groups excluding carboxylic acids is 1. The van der Waals surface area contributed by atoms with E-state index in [1.165, 1.54) is 12.1 Å². The summed E-state index contributed by atoms with van der Waals surface area (Å²) in [5, 5.41) is 19.2. The highest BCUT2D eigenvalue weighted by molar-refractivity contribution is 5.90. The minimum Gasteiger partial charge on any atom is -0.480 e. The molecule has 0 aliphatic carbocycles. The average Bonchev–Trinajstić information content (AvgIpc) is 3.30. The summed E-state index contributed by atoms with van der Waals surface area (Å²) in [4.78, 5) is 24.3. The highest BCUT2D eigenvalue weighted by atomic mass is 19.4. The number of carbonyl (C=O) groups is 2. The van der Waals surface area contributed by atoms with Gasteiger partial charge in [0.25, 0.3) is 0 Å². The summed E-state index contributed by atoms with van der Waals surface area (Å²) < 4.78 is 49.3. The molecule has 0 aliphatic rings. The van der Waals surface area contributed by atoms with Crippen molar-refractivity contribution < 1.29 is 37.1 Å². The van der Waals surface area contributed by atoms with Crippen LogP contribution >= 0.6 is 0 Å². The maximum absolute atomic E-state index is 12.8. The van der Waals surface area contributed by atoms with Crippen molar-refractivity contribution in [1.82, 2.24) is 10.5 Å². The molecule has 3 N–H and O–H groups in total. The number of aromatic nitrogens is 1. The van der Waals surface area contributed by atoms with Crippen molar-refractivity contribution in [2.45, 2.75) is 45.1 Å². The Morgan fingerprint density at radius 2 is 1.61 bits per heavy atom. The van der Waals surface area contributed by atoms with Gasteiger partial charge in [0.1, 0.15) is 23.5 Å². The molecular formula is C30H28F3N3O5. The van der Waals surface area contributed by atoms with E-state index in [1.54, 1.807) is 38.1 Å². The van der Waals surface area contributed by atoms with Crippen LogP contribution in [-0.4, -0.2) is 28.4 Å². The number of hydrogen-bond donors (Lipinski definition) is 3. The van der Waals surface area contributed by atoms with Gasteiger partial charge in [-0.25, -0.2) is 4.79 Å². The van der Waals surface area contributed by atoms with Crippen molar-refractivity contribution >= 4 is 17.7 Å². The third kappa shape index (κ3) is 7.73. The fraction of sp³-hybridized carbons (Fsp3) is 0.233. The lowest BCUT2D eigenvalue weighted by atomic mass is 10.0. The van der Waals surface area contributed by atoms with Gasteiger partial charge in [-0.05, 0) is 49.1 Å². The molecule has 0 radical (unpaired) electrons. The van der Waals surface area contributed by atoms with Gasteiger partial charge in [-0.3, -0.25) is 10.1 Å². The van der Waals surface area contributed by atoms with Crippen LogP contribution in [0.3, 0.4) is 0 Å². The monoisotopic (exact) mass is 567 g/mol. The van der Waals surface area contributed by atoms with E-state index in [2.05, 4.69) is 15.8 Å². The molecule has 0 aliphatic heterocycles. The molecule has 4 aromatic rings. The van der Waals surface area contributed by atoms with Crippen molar-refractivity contribution in [3.63, 3.8) is 0 Å². The lowest BCUT2D eigenvalue weighted by Crippen LogP contribution is -2.38. The predicted octanol–water partition coefficient (Wildman–Crippen LogP) is 6.76. The minimum atomic E-state index is -4.46. The van der Waals surface area contributed by atoms with Gasteiger partial charge < -0.3 is 19.7 Å². The molecule has 1 heterocycles. The number of hydrogen-bond acceptors (Lipinski definition) is 6. The Kier molecular flexibility index (Phi) is 9.08. The van der Waals surface area contributed by atoms with Crippen LogP contribution in [0.15, 0.2) is 83.4 Å². The second kappa shape index (κ2) is 12.7. The van der Waals surface area contributed by atoms with Crippen LogP contribution in [0.1, 0.15) is 41.0 Å². The average molecular weight is 568 g/mol. The van der Waals surface area contributed by atoms with E-state index < -0.39 is 35.9 Å². The van der Waals surface area contributed by atoms with Crippen molar-refractivity contribution in [3.05, 3.63) is 107 Å². The Labute approximate surface area is 234 Å². The number of alkyl halides is 3. The molecule has 41 heavy (non-hydrogen) atoms. The zero-order chi connectivity index (χ0) is 29.6. The van der Waals surface area contributed by atoms with Crippen LogP contribution < -0.4 is 10.6 Å². The lowest BCUT2D eigenvalue weighted by molar-refractivity contribution is -0.140. The fourth-order valence-corrected chi connectivity index (χ4v) is 4.13. The number of nitrogens with zero attached hydrogens (tertiary/aromatic N) is 1. The van der Waals surface area contributed by atoms with Crippen LogP contribution in [0.25, 0.3) is 11.3 Å². The van der Waals surface area contributed by atoms with Gasteiger partial charge in [0, 0.05) is 12.1 Å². The maximum atomic E-state index is 12.8. The largest absolute Gasteiger partial charge is 0.480 e.